The minimum absolute atomic E-state index is 0.000450. The molecule has 1 saturated carbocycles. The number of hydrogen-bond donors (Lipinski definition) is 5. The molecule has 5 N–H and O–H groups in total. The van der Waals surface area contributed by atoms with Crippen molar-refractivity contribution >= 4 is 11.6 Å². The first-order valence-corrected chi connectivity index (χ1v) is 18.4. The van der Waals surface area contributed by atoms with Crippen LogP contribution in [-0.4, -0.2) is 50.1 Å². The molecule has 1 amide bonds. The van der Waals surface area contributed by atoms with Crippen molar-refractivity contribution < 1.29 is 9.90 Å². The highest BCUT2D eigenvalue weighted by atomic mass is 16.3. The number of rotatable bonds is 17. The Hall–Kier alpha value is -3.95. The van der Waals surface area contributed by atoms with E-state index in [0.29, 0.717) is 12.0 Å². The van der Waals surface area contributed by atoms with Crippen molar-refractivity contribution in [3.05, 3.63) is 95.1 Å². The molecule has 264 valence electrons. The second kappa shape index (κ2) is 16.6. The molecule has 1 aliphatic rings. The molecular formula is C40H57N7O2. The van der Waals surface area contributed by atoms with Crippen molar-refractivity contribution in [1.82, 2.24) is 30.6 Å². The summed E-state index contributed by atoms with van der Waals surface area (Å²) in [6.45, 7) is 12.5. The van der Waals surface area contributed by atoms with E-state index in [2.05, 4.69) is 82.2 Å². The zero-order valence-electron chi connectivity index (χ0n) is 30.2. The fourth-order valence-corrected chi connectivity index (χ4v) is 7.24. The van der Waals surface area contributed by atoms with E-state index in [1.165, 1.54) is 6.42 Å². The van der Waals surface area contributed by atoms with Gasteiger partial charge < -0.3 is 30.6 Å². The van der Waals surface area contributed by atoms with Gasteiger partial charge in [-0.3, -0.25) is 4.79 Å². The third-order valence-corrected chi connectivity index (χ3v) is 10.1. The number of amides is 1. The average Bonchev–Trinajstić information content (AvgIpc) is 3.82. The Morgan fingerprint density at radius 2 is 1.43 bits per heavy atom. The zero-order chi connectivity index (χ0) is 34.9. The summed E-state index contributed by atoms with van der Waals surface area (Å²) in [6, 6.07) is 12.1. The first-order chi connectivity index (χ1) is 23.6. The van der Waals surface area contributed by atoms with Crippen LogP contribution >= 0.6 is 0 Å². The van der Waals surface area contributed by atoms with Gasteiger partial charge in [-0.1, -0.05) is 50.8 Å². The molecule has 9 heteroatoms. The standard InChI is InChI=1S/C40H57N7O2/c1-6-12-32-34(48)22-21-33(40(4,5)46-24-11-16-36-43-27-28-44-36)37(32)47(31-13-8-7-9-14-31)38(49)29-17-19-30(20-18-29)39(2,3)45-23-10-15-35-41-25-26-42-35/h17-22,25-28,31,45-46,48H,6-16,23-24H2,1-5H3,(H,41,42)(H,43,44). The van der Waals surface area contributed by atoms with Gasteiger partial charge in [0, 0.05) is 65.9 Å². The van der Waals surface area contributed by atoms with Crippen molar-refractivity contribution in [2.24, 2.45) is 0 Å². The van der Waals surface area contributed by atoms with Crippen LogP contribution in [0.4, 0.5) is 5.69 Å². The highest BCUT2D eigenvalue weighted by Crippen LogP contribution is 2.42. The fraction of sp³-hybridized carbons (Fsp3) is 0.525. The second-order valence-corrected chi connectivity index (χ2v) is 14.6. The number of aromatic hydroxyl groups is 1. The van der Waals surface area contributed by atoms with Crippen LogP contribution < -0.4 is 15.5 Å². The minimum Gasteiger partial charge on any atom is -0.508 e. The maximum atomic E-state index is 14.9. The summed E-state index contributed by atoms with van der Waals surface area (Å²) in [6.07, 6.45) is 17.8. The van der Waals surface area contributed by atoms with Crippen molar-refractivity contribution in [2.45, 2.75) is 122 Å². The van der Waals surface area contributed by atoms with Crippen LogP contribution in [0.1, 0.15) is 125 Å². The van der Waals surface area contributed by atoms with Crippen molar-refractivity contribution in [3.8, 4) is 5.75 Å². The normalized spacial score (nSPS) is 14.3. The molecule has 1 aliphatic carbocycles. The van der Waals surface area contributed by atoms with Gasteiger partial charge in [0.05, 0.1) is 5.69 Å². The predicted molar refractivity (Wildman–Crippen MR) is 198 cm³/mol. The van der Waals surface area contributed by atoms with Crippen LogP contribution in [0.2, 0.25) is 0 Å². The number of phenolic OH excluding ortho intramolecular Hbond substituents is 1. The molecule has 4 aromatic rings. The van der Waals surface area contributed by atoms with Gasteiger partial charge in [0.1, 0.15) is 17.4 Å². The number of nitrogens with one attached hydrogen (secondary N) is 4. The molecule has 0 aliphatic heterocycles. The lowest BCUT2D eigenvalue weighted by Gasteiger charge is -2.40. The van der Waals surface area contributed by atoms with E-state index < -0.39 is 5.54 Å². The molecule has 2 aromatic carbocycles. The predicted octanol–water partition coefficient (Wildman–Crippen LogP) is 7.69. The summed E-state index contributed by atoms with van der Waals surface area (Å²) in [5, 5.41) is 18.8. The molecule has 0 spiro atoms. The first kappa shape index (κ1) is 36.3. The summed E-state index contributed by atoms with van der Waals surface area (Å²) in [5.41, 5.74) is 3.89. The van der Waals surface area contributed by atoms with Crippen LogP contribution in [-0.2, 0) is 30.3 Å². The van der Waals surface area contributed by atoms with E-state index >= 15 is 0 Å². The zero-order valence-corrected chi connectivity index (χ0v) is 30.2. The smallest absolute Gasteiger partial charge is 0.258 e. The Balaban J connectivity index is 1.42. The first-order valence-electron chi connectivity index (χ1n) is 18.4. The molecule has 49 heavy (non-hydrogen) atoms. The van der Waals surface area contributed by atoms with Crippen LogP contribution in [0.15, 0.2) is 61.2 Å². The Labute approximate surface area is 292 Å². The number of H-pyrrole nitrogens is 2. The van der Waals surface area contributed by atoms with Gasteiger partial charge in [-0.2, -0.15) is 0 Å². The highest BCUT2D eigenvalue weighted by Gasteiger charge is 2.36. The van der Waals surface area contributed by atoms with Crippen molar-refractivity contribution in [2.75, 3.05) is 18.0 Å². The summed E-state index contributed by atoms with van der Waals surface area (Å²) in [5.74, 6) is 2.25. The fourth-order valence-electron chi connectivity index (χ4n) is 7.24. The summed E-state index contributed by atoms with van der Waals surface area (Å²) in [4.78, 5) is 32.0. The number of carbonyl (C=O) groups excluding carboxylic acids is 1. The summed E-state index contributed by atoms with van der Waals surface area (Å²) >= 11 is 0. The highest BCUT2D eigenvalue weighted by molar-refractivity contribution is 6.07. The maximum Gasteiger partial charge on any atom is 0.258 e. The van der Waals surface area contributed by atoms with Gasteiger partial charge in [-0.15, -0.1) is 0 Å². The molecule has 9 nitrogen and oxygen atoms in total. The van der Waals surface area contributed by atoms with E-state index in [0.717, 1.165) is 105 Å². The minimum atomic E-state index is -0.446. The molecular weight excluding hydrogens is 610 g/mol. The number of phenols is 1. The number of aromatic amines is 2. The number of nitrogens with zero attached hydrogens (tertiary/aromatic N) is 3. The lowest BCUT2D eigenvalue weighted by Crippen LogP contribution is -2.45. The molecule has 2 aromatic heterocycles. The molecule has 0 saturated heterocycles. The van der Waals surface area contributed by atoms with E-state index in [-0.39, 0.29) is 23.2 Å². The van der Waals surface area contributed by atoms with Gasteiger partial charge in [0.2, 0.25) is 0 Å². The topological polar surface area (TPSA) is 122 Å². The Morgan fingerprint density at radius 3 is 1.98 bits per heavy atom. The van der Waals surface area contributed by atoms with Crippen LogP contribution in [0.3, 0.4) is 0 Å². The maximum absolute atomic E-state index is 14.9. The third-order valence-electron chi connectivity index (χ3n) is 10.1. The molecule has 0 unspecified atom stereocenters. The van der Waals surface area contributed by atoms with E-state index in [1.54, 1.807) is 12.4 Å². The van der Waals surface area contributed by atoms with E-state index in [9.17, 15) is 9.90 Å². The summed E-state index contributed by atoms with van der Waals surface area (Å²) < 4.78 is 0. The quantitative estimate of drug-likeness (QED) is 0.0737. The average molecular weight is 668 g/mol. The third kappa shape index (κ3) is 9.19. The van der Waals surface area contributed by atoms with Gasteiger partial charge in [-0.05, 0) is 102 Å². The number of benzene rings is 2. The number of hydrogen-bond acceptors (Lipinski definition) is 6. The Bertz CT molecular complexity index is 1590. The molecule has 0 atom stereocenters. The van der Waals surface area contributed by atoms with Crippen LogP contribution in [0.25, 0.3) is 0 Å². The second-order valence-electron chi connectivity index (χ2n) is 14.6. The Kier molecular flexibility index (Phi) is 12.3. The molecule has 2 heterocycles. The van der Waals surface area contributed by atoms with Crippen LogP contribution in [0.5, 0.6) is 5.75 Å². The number of carbonyl (C=O) groups is 1. The van der Waals surface area contributed by atoms with Gasteiger partial charge in [0.15, 0.2) is 0 Å². The lowest BCUT2D eigenvalue weighted by molar-refractivity contribution is 0.0969. The lowest BCUT2D eigenvalue weighted by atomic mass is 9.85. The number of anilines is 1. The largest absolute Gasteiger partial charge is 0.508 e. The monoisotopic (exact) mass is 667 g/mol. The Morgan fingerprint density at radius 1 is 0.837 bits per heavy atom. The van der Waals surface area contributed by atoms with Gasteiger partial charge >= 0.3 is 0 Å². The van der Waals surface area contributed by atoms with Crippen molar-refractivity contribution in [1.29, 1.82) is 0 Å². The number of aromatic nitrogens is 4. The molecule has 5 rings (SSSR count). The van der Waals surface area contributed by atoms with Crippen LogP contribution in [0, 0.1) is 0 Å². The van der Waals surface area contributed by atoms with Crippen molar-refractivity contribution in [3.63, 3.8) is 0 Å². The van der Waals surface area contributed by atoms with Gasteiger partial charge in [0.25, 0.3) is 5.91 Å². The van der Waals surface area contributed by atoms with E-state index in [4.69, 9.17) is 0 Å². The van der Waals surface area contributed by atoms with Gasteiger partial charge in [-0.25, -0.2) is 9.97 Å². The molecule has 1 fully saturated rings. The number of imidazole rings is 2. The summed E-state index contributed by atoms with van der Waals surface area (Å²) in [7, 11) is 0. The SMILES string of the molecule is CCCc1c(O)ccc(C(C)(C)NCCCc2ncc[nH]2)c1N(C(=O)c1ccc(C(C)(C)NCCCc2ncc[nH]2)cc1)C1CCCCC1. The molecule has 0 bridgehead atoms. The van der Waals surface area contributed by atoms with E-state index in [1.807, 2.05) is 36.7 Å². The molecule has 0 radical (unpaired) electrons. The number of aryl methyl sites for hydroxylation is 2.